The predicted octanol–water partition coefficient (Wildman–Crippen LogP) is 20.7. The first-order valence-corrected chi connectivity index (χ1v) is 31.0. The average Bonchev–Trinajstić information content (AvgIpc) is 3.34. The van der Waals surface area contributed by atoms with Gasteiger partial charge in [-0.15, -0.1) is 0 Å². The number of ether oxygens (including phenoxy) is 3. The van der Waals surface area contributed by atoms with Crippen molar-refractivity contribution in [1.82, 2.24) is 0 Å². The summed E-state index contributed by atoms with van der Waals surface area (Å²) in [5.74, 6) is -0.839. The van der Waals surface area contributed by atoms with Gasteiger partial charge in [-0.25, -0.2) is 0 Å². The summed E-state index contributed by atoms with van der Waals surface area (Å²) in [6.07, 6.45) is 65.7. The summed E-state index contributed by atoms with van der Waals surface area (Å²) in [6.45, 7) is 6.68. The van der Waals surface area contributed by atoms with E-state index in [-0.39, 0.29) is 31.1 Å². The molecule has 0 aromatic rings. The summed E-state index contributed by atoms with van der Waals surface area (Å²) < 4.78 is 16.8. The van der Waals surface area contributed by atoms with Crippen LogP contribution in [0.1, 0.15) is 361 Å². The molecule has 0 saturated heterocycles. The fourth-order valence-electron chi connectivity index (χ4n) is 9.68. The fraction of sp³-hybridized carbons (Fsp3) is 0.952. The summed E-state index contributed by atoms with van der Waals surface area (Å²) in [4.78, 5) is 38.0. The molecule has 0 bridgehead atoms. The molecule has 68 heavy (non-hydrogen) atoms. The fourth-order valence-corrected chi connectivity index (χ4v) is 9.68. The van der Waals surface area contributed by atoms with E-state index in [4.69, 9.17) is 14.2 Å². The number of hydrogen-bond acceptors (Lipinski definition) is 6. The van der Waals surface area contributed by atoms with E-state index in [1.54, 1.807) is 0 Å². The molecule has 0 aromatic heterocycles. The third-order valence-electron chi connectivity index (χ3n) is 14.4. The Bertz CT molecular complexity index is 1010. The summed E-state index contributed by atoms with van der Waals surface area (Å²) in [6, 6.07) is 0. The summed E-state index contributed by atoms with van der Waals surface area (Å²) in [5.41, 5.74) is 0. The molecule has 404 valence electrons. The first-order chi connectivity index (χ1) is 33.5. The first kappa shape index (κ1) is 66.4. The molecule has 0 fully saturated rings. The standard InChI is InChI=1S/C62H120O6/c1-4-7-10-13-16-19-21-23-25-26-27-28-29-30-31-32-33-34-35-36-37-38-40-41-43-46-49-52-55-61(64)67-58-59(57-66-60(63)54-51-48-45-18-15-12-9-6-3)68-62(65)56-53-50-47-44-42-39-24-22-20-17-14-11-8-5-2/h59H,4-58H2,1-3H3. The van der Waals surface area contributed by atoms with E-state index in [0.29, 0.717) is 19.3 Å². The average molecular weight is 962 g/mol. The van der Waals surface area contributed by atoms with Crippen LogP contribution in [-0.2, 0) is 28.6 Å². The van der Waals surface area contributed by atoms with Gasteiger partial charge in [0.1, 0.15) is 13.2 Å². The molecule has 0 aliphatic carbocycles. The Balaban J connectivity index is 4.01. The van der Waals surface area contributed by atoms with E-state index in [9.17, 15) is 14.4 Å². The van der Waals surface area contributed by atoms with Crippen LogP contribution in [0.5, 0.6) is 0 Å². The third kappa shape index (κ3) is 55.3. The maximum atomic E-state index is 12.8. The molecule has 0 aromatic carbocycles. The molecule has 6 nitrogen and oxygen atoms in total. The maximum absolute atomic E-state index is 12.8. The SMILES string of the molecule is CCCCCCCCCCCCCCCCCCCCCCCCCCCCCCC(=O)OCC(COC(=O)CCCCCCCCCC)OC(=O)CCCCCCCCCCCCCCCC. The second-order valence-electron chi connectivity index (χ2n) is 21.3. The molecule has 1 unspecified atom stereocenters. The van der Waals surface area contributed by atoms with Crippen LogP contribution in [0, 0.1) is 0 Å². The minimum Gasteiger partial charge on any atom is -0.462 e. The monoisotopic (exact) mass is 961 g/mol. The molecule has 0 rings (SSSR count). The van der Waals surface area contributed by atoms with Crippen molar-refractivity contribution in [2.45, 2.75) is 367 Å². The molecule has 0 aliphatic rings. The lowest BCUT2D eigenvalue weighted by atomic mass is 10.0. The first-order valence-electron chi connectivity index (χ1n) is 31.0. The number of unbranched alkanes of at least 4 members (excludes halogenated alkanes) is 47. The van der Waals surface area contributed by atoms with Crippen molar-refractivity contribution in [3.05, 3.63) is 0 Å². The largest absolute Gasteiger partial charge is 0.462 e. The topological polar surface area (TPSA) is 78.9 Å². The van der Waals surface area contributed by atoms with Gasteiger partial charge in [-0.2, -0.15) is 0 Å². The molecule has 0 heterocycles. The second-order valence-corrected chi connectivity index (χ2v) is 21.3. The second kappa shape index (κ2) is 58.0. The molecule has 0 aliphatic heterocycles. The van der Waals surface area contributed by atoms with E-state index in [0.717, 1.165) is 57.8 Å². The van der Waals surface area contributed by atoms with Crippen molar-refractivity contribution in [3.8, 4) is 0 Å². The highest BCUT2D eigenvalue weighted by Crippen LogP contribution is 2.18. The number of carbonyl (C=O) groups excluding carboxylic acids is 3. The molecule has 0 radical (unpaired) electrons. The van der Waals surface area contributed by atoms with E-state index in [1.807, 2.05) is 0 Å². The van der Waals surface area contributed by atoms with Crippen LogP contribution in [0.4, 0.5) is 0 Å². The van der Waals surface area contributed by atoms with Gasteiger partial charge in [0.2, 0.25) is 0 Å². The molecular formula is C62H120O6. The van der Waals surface area contributed by atoms with Crippen molar-refractivity contribution in [1.29, 1.82) is 0 Å². The minimum absolute atomic E-state index is 0.0616. The van der Waals surface area contributed by atoms with Gasteiger partial charge in [0.05, 0.1) is 0 Å². The Labute approximate surface area is 425 Å². The molecule has 0 N–H and O–H groups in total. The molecule has 6 heteroatoms. The van der Waals surface area contributed by atoms with Crippen molar-refractivity contribution >= 4 is 17.9 Å². The minimum atomic E-state index is -0.760. The Kier molecular flexibility index (Phi) is 56.6. The highest BCUT2D eigenvalue weighted by Gasteiger charge is 2.19. The van der Waals surface area contributed by atoms with Crippen LogP contribution in [0.2, 0.25) is 0 Å². The van der Waals surface area contributed by atoms with E-state index >= 15 is 0 Å². The Morgan fingerprint density at radius 2 is 0.397 bits per heavy atom. The molecule has 0 saturated carbocycles. The summed E-state index contributed by atoms with van der Waals surface area (Å²) >= 11 is 0. The van der Waals surface area contributed by atoms with Gasteiger partial charge in [-0.3, -0.25) is 14.4 Å². The van der Waals surface area contributed by atoms with Gasteiger partial charge in [0.15, 0.2) is 6.10 Å². The van der Waals surface area contributed by atoms with Gasteiger partial charge < -0.3 is 14.2 Å². The third-order valence-corrected chi connectivity index (χ3v) is 14.4. The lowest BCUT2D eigenvalue weighted by Crippen LogP contribution is -2.30. The van der Waals surface area contributed by atoms with E-state index in [2.05, 4.69) is 20.8 Å². The van der Waals surface area contributed by atoms with Crippen molar-refractivity contribution in [2.24, 2.45) is 0 Å². The normalized spacial score (nSPS) is 11.9. The Hall–Kier alpha value is -1.59. The maximum Gasteiger partial charge on any atom is 0.306 e. The van der Waals surface area contributed by atoms with E-state index < -0.39 is 6.10 Å². The van der Waals surface area contributed by atoms with Crippen molar-refractivity contribution < 1.29 is 28.6 Å². The van der Waals surface area contributed by atoms with Gasteiger partial charge in [-0.05, 0) is 19.3 Å². The summed E-state index contributed by atoms with van der Waals surface area (Å²) in [5, 5.41) is 0. The molecule has 0 amide bonds. The lowest BCUT2D eigenvalue weighted by Gasteiger charge is -2.18. The quantitative estimate of drug-likeness (QED) is 0.0343. The van der Waals surface area contributed by atoms with Crippen molar-refractivity contribution in [2.75, 3.05) is 13.2 Å². The zero-order chi connectivity index (χ0) is 49.3. The van der Waals surface area contributed by atoms with Crippen LogP contribution in [0.15, 0.2) is 0 Å². The van der Waals surface area contributed by atoms with Crippen molar-refractivity contribution in [3.63, 3.8) is 0 Å². The highest BCUT2D eigenvalue weighted by atomic mass is 16.6. The van der Waals surface area contributed by atoms with Gasteiger partial charge in [0.25, 0.3) is 0 Å². The van der Waals surface area contributed by atoms with Crippen LogP contribution in [-0.4, -0.2) is 37.2 Å². The Morgan fingerprint density at radius 3 is 0.588 bits per heavy atom. The number of hydrogen-bond donors (Lipinski definition) is 0. The predicted molar refractivity (Wildman–Crippen MR) is 294 cm³/mol. The Morgan fingerprint density at radius 1 is 0.235 bits per heavy atom. The molecule has 0 spiro atoms. The van der Waals surface area contributed by atoms with Crippen LogP contribution in [0.3, 0.4) is 0 Å². The number of rotatable bonds is 58. The summed E-state index contributed by atoms with van der Waals surface area (Å²) in [7, 11) is 0. The molecule has 1 atom stereocenters. The highest BCUT2D eigenvalue weighted by molar-refractivity contribution is 5.71. The zero-order valence-electron chi connectivity index (χ0n) is 46.4. The van der Waals surface area contributed by atoms with Crippen LogP contribution in [0.25, 0.3) is 0 Å². The van der Waals surface area contributed by atoms with Gasteiger partial charge in [-0.1, -0.05) is 323 Å². The van der Waals surface area contributed by atoms with Crippen LogP contribution < -0.4 is 0 Å². The van der Waals surface area contributed by atoms with Gasteiger partial charge in [0, 0.05) is 19.3 Å². The van der Waals surface area contributed by atoms with E-state index in [1.165, 1.54) is 263 Å². The smallest absolute Gasteiger partial charge is 0.306 e. The molecular weight excluding hydrogens is 841 g/mol. The number of carbonyl (C=O) groups is 3. The van der Waals surface area contributed by atoms with Crippen LogP contribution >= 0.6 is 0 Å². The zero-order valence-corrected chi connectivity index (χ0v) is 46.4. The lowest BCUT2D eigenvalue weighted by molar-refractivity contribution is -0.167. The number of esters is 3. The van der Waals surface area contributed by atoms with Gasteiger partial charge >= 0.3 is 17.9 Å².